The van der Waals surface area contributed by atoms with E-state index in [1.807, 2.05) is 42.5 Å². The number of carbonyl (C=O) groups excluding carboxylic acids is 1. The van der Waals surface area contributed by atoms with Crippen LogP contribution in [0, 0.1) is 0 Å². The molecule has 3 rings (SSSR count). The fraction of sp³-hybridized carbons (Fsp3) is 0.0588. The Kier molecular flexibility index (Phi) is 3.28. The smallest absolute Gasteiger partial charge is 0.323 e. The van der Waals surface area contributed by atoms with Crippen molar-refractivity contribution in [1.82, 2.24) is 0 Å². The van der Waals surface area contributed by atoms with E-state index in [-0.39, 0.29) is 6.54 Å². The van der Waals surface area contributed by atoms with Crippen molar-refractivity contribution in [2.24, 2.45) is 0 Å². The van der Waals surface area contributed by atoms with Gasteiger partial charge >= 0.3 is 5.97 Å². The van der Waals surface area contributed by atoms with Crippen LogP contribution in [0.4, 0.5) is 5.69 Å². The molecule has 0 saturated carbocycles. The van der Waals surface area contributed by atoms with Gasteiger partial charge in [0.05, 0.1) is 0 Å². The Bertz CT molecular complexity index is 842. The van der Waals surface area contributed by atoms with E-state index < -0.39 is 5.97 Å². The number of rotatable bonds is 4. The van der Waals surface area contributed by atoms with Gasteiger partial charge in [0.1, 0.15) is 6.54 Å². The van der Waals surface area contributed by atoms with Crippen molar-refractivity contribution in [1.29, 1.82) is 0 Å². The lowest BCUT2D eigenvalue weighted by molar-refractivity contribution is -0.136. The minimum Gasteiger partial charge on any atom is -0.480 e. The highest BCUT2D eigenvalue weighted by Crippen LogP contribution is 2.26. The molecule has 0 spiro atoms. The third-order valence-corrected chi connectivity index (χ3v) is 3.45. The Morgan fingerprint density at radius 2 is 1.57 bits per heavy atom. The van der Waals surface area contributed by atoms with Crippen LogP contribution in [0.15, 0.2) is 54.6 Å². The van der Waals surface area contributed by atoms with Crippen molar-refractivity contribution in [3.05, 3.63) is 54.6 Å². The third-order valence-electron chi connectivity index (χ3n) is 3.45. The second-order valence-corrected chi connectivity index (χ2v) is 4.86. The molecule has 21 heavy (non-hydrogen) atoms. The predicted octanol–water partition coefficient (Wildman–Crippen LogP) is 3.04. The number of amides is 1. The van der Waals surface area contributed by atoms with E-state index in [4.69, 9.17) is 5.11 Å². The maximum atomic E-state index is 11.1. The Morgan fingerprint density at radius 1 is 0.952 bits per heavy atom. The quantitative estimate of drug-likeness (QED) is 0.590. The zero-order valence-electron chi connectivity index (χ0n) is 11.2. The van der Waals surface area contributed by atoms with Crippen LogP contribution >= 0.6 is 0 Å². The predicted molar refractivity (Wildman–Crippen MR) is 82.5 cm³/mol. The SMILES string of the molecule is O=CN(CC(=O)O)c1ccc2cc3ccccc3cc2c1. The Hall–Kier alpha value is -2.88. The molecule has 0 saturated heterocycles. The van der Waals surface area contributed by atoms with Crippen LogP contribution in [-0.4, -0.2) is 24.0 Å². The summed E-state index contributed by atoms with van der Waals surface area (Å²) in [7, 11) is 0. The first-order chi connectivity index (χ1) is 10.2. The monoisotopic (exact) mass is 279 g/mol. The standard InChI is InChI=1S/C17H13NO3/c19-11-18(10-17(20)21)16-6-5-14-7-12-3-1-2-4-13(12)8-15(14)9-16/h1-9,11H,10H2,(H,20,21). The van der Waals surface area contributed by atoms with Gasteiger partial charge in [-0.05, 0) is 45.8 Å². The van der Waals surface area contributed by atoms with Crippen molar-refractivity contribution in [2.75, 3.05) is 11.4 Å². The number of aliphatic carboxylic acids is 1. The number of carboxylic acids is 1. The van der Waals surface area contributed by atoms with E-state index in [9.17, 15) is 9.59 Å². The molecule has 4 nitrogen and oxygen atoms in total. The highest BCUT2D eigenvalue weighted by molar-refractivity contribution is 6.00. The number of benzene rings is 3. The summed E-state index contributed by atoms with van der Waals surface area (Å²) >= 11 is 0. The van der Waals surface area contributed by atoms with Gasteiger partial charge in [0, 0.05) is 5.69 Å². The van der Waals surface area contributed by atoms with Gasteiger partial charge < -0.3 is 10.0 Å². The second-order valence-electron chi connectivity index (χ2n) is 4.86. The molecule has 3 aromatic carbocycles. The van der Waals surface area contributed by atoms with Crippen LogP contribution in [-0.2, 0) is 9.59 Å². The zero-order valence-corrected chi connectivity index (χ0v) is 11.2. The largest absolute Gasteiger partial charge is 0.480 e. The van der Waals surface area contributed by atoms with Gasteiger partial charge in [0.25, 0.3) is 0 Å². The summed E-state index contributed by atoms with van der Waals surface area (Å²) in [6.07, 6.45) is 0.538. The number of hydrogen-bond donors (Lipinski definition) is 1. The minimum atomic E-state index is -1.04. The van der Waals surface area contributed by atoms with Gasteiger partial charge in [-0.25, -0.2) is 0 Å². The molecule has 0 aliphatic heterocycles. The van der Waals surface area contributed by atoms with Crippen molar-refractivity contribution >= 4 is 39.6 Å². The number of carbonyl (C=O) groups is 2. The molecule has 104 valence electrons. The molecule has 3 aromatic rings. The van der Waals surface area contributed by atoms with E-state index >= 15 is 0 Å². The number of fused-ring (bicyclic) bond motifs is 2. The van der Waals surface area contributed by atoms with Gasteiger partial charge in [-0.15, -0.1) is 0 Å². The summed E-state index contributed by atoms with van der Waals surface area (Å²) in [5.41, 5.74) is 0.579. The van der Waals surface area contributed by atoms with E-state index in [1.54, 1.807) is 6.07 Å². The Morgan fingerprint density at radius 3 is 2.19 bits per heavy atom. The minimum absolute atomic E-state index is 0.345. The highest BCUT2D eigenvalue weighted by atomic mass is 16.4. The van der Waals surface area contributed by atoms with Gasteiger partial charge in [-0.1, -0.05) is 30.3 Å². The molecule has 0 aliphatic rings. The van der Waals surface area contributed by atoms with Crippen LogP contribution in [0.2, 0.25) is 0 Å². The number of hydrogen-bond acceptors (Lipinski definition) is 2. The Balaban J connectivity index is 2.12. The van der Waals surface area contributed by atoms with Gasteiger partial charge in [-0.3, -0.25) is 9.59 Å². The lowest BCUT2D eigenvalue weighted by Gasteiger charge is -2.15. The normalized spacial score (nSPS) is 10.7. The molecular weight excluding hydrogens is 266 g/mol. The zero-order chi connectivity index (χ0) is 14.8. The molecule has 0 bridgehead atoms. The maximum Gasteiger partial charge on any atom is 0.323 e. The van der Waals surface area contributed by atoms with Crippen LogP contribution < -0.4 is 4.90 Å². The van der Waals surface area contributed by atoms with E-state index in [0.717, 1.165) is 21.5 Å². The van der Waals surface area contributed by atoms with Crippen LogP contribution in [0.1, 0.15) is 0 Å². The van der Waals surface area contributed by atoms with Gasteiger partial charge in [-0.2, -0.15) is 0 Å². The summed E-state index contributed by atoms with van der Waals surface area (Å²) in [5, 5.41) is 13.1. The van der Waals surface area contributed by atoms with Crippen LogP contribution in [0.5, 0.6) is 0 Å². The fourth-order valence-electron chi connectivity index (χ4n) is 2.44. The molecule has 0 heterocycles. The molecule has 0 unspecified atom stereocenters. The van der Waals surface area contributed by atoms with Crippen LogP contribution in [0.25, 0.3) is 21.5 Å². The van der Waals surface area contributed by atoms with Crippen molar-refractivity contribution in [3.8, 4) is 0 Å². The number of anilines is 1. The molecule has 0 atom stereocenters. The van der Waals surface area contributed by atoms with E-state index in [2.05, 4.69) is 6.07 Å². The lowest BCUT2D eigenvalue weighted by atomic mass is 10.0. The second kappa shape index (κ2) is 5.25. The molecule has 0 aromatic heterocycles. The van der Waals surface area contributed by atoms with Crippen molar-refractivity contribution in [3.63, 3.8) is 0 Å². The molecule has 0 fully saturated rings. The van der Waals surface area contributed by atoms with Crippen molar-refractivity contribution in [2.45, 2.75) is 0 Å². The first-order valence-electron chi connectivity index (χ1n) is 6.54. The number of carboxylic acid groups (broad SMARTS) is 1. The summed E-state index contributed by atoms with van der Waals surface area (Å²) in [6, 6.07) is 17.6. The topological polar surface area (TPSA) is 57.6 Å². The van der Waals surface area contributed by atoms with Crippen LogP contribution in [0.3, 0.4) is 0 Å². The highest BCUT2D eigenvalue weighted by Gasteiger charge is 2.10. The fourth-order valence-corrected chi connectivity index (χ4v) is 2.44. The number of nitrogens with zero attached hydrogens (tertiary/aromatic N) is 1. The van der Waals surface area contributed by atoms with E-state index in [1.165, 1.54) is 4.90 Å². The summed E-state index contributed by atoms with van der Waals surface area (Å²) < 4.78 is 0. The van der Waals surface area contributed by atoms with Crippen molar-refractivity contribution < 1.29 is 14.7 Å². The first-order valence-corrected chi connectivity index (χ1v) is 6.54. The maximum absolute atomic E-state index is 11.1. The molecule has 1 amide bonds. The molecule has 1 N–H and O–H groups in total. The molecule has 4 heteroatoms. The molecular formula is C17H13NO3. The summed E-state index contributed by atoms with van der Waals surface area (Å²) in [4.78, 5) is 23.0. The molecule has 0 radical (unpaired) electrons. The van der Waals surface area contributed by atoms with E-state index in [0.29, 0.717) is 12.1 Å². The summed E-state index contributed by atoms with van der Waals surface area (Å²) in [6.45, 7) is -0.345. The van der Waals surface area contributed by atoms with Gasteiger partial charge in [0.15, 0.2) is 0 Å². The lowest BCUT2D eigenvalue weighted by Crippen LogP contribution is -2.27. The Labute approximate surface area is 121 Å². The summed E-state index contributed by atoms with van der Waals surface area (Å²) in [5.74, 6) is -1.04. The third kappa shape index (κ3) is 2.56. The average Bonchev–Trinajstić information content (AvgIpc) is 2.49. The molecule has 0 aliphatic carbocycles. The first kappa shape index (κ1) is 13.1. The average molecular weight is 279 g/mol. The van der Waals surface area contributed by atoms with Gasteiger partial charge in [0.2, 0.25) is 6.41 Å².